The fraction of sp³-hybridized carbons (Fsp3) is 0.0588. The maximum Gasteiger partial charge on any atom is 0.290 e. The molecule has 0 fully saturated rings. The number of furan rings is 1. The van der Waals surface area contributed by atoms with E-state index in [0.29, 0.717) is 11.7 Å². The van der Waals surface area contributed by atoms with Crippen molar-refractivity contribution in [1.29, 1.82) is 0 Å². The predicted octanol–water partition coefficient (Wildman–Crippen LogP) is 4.25. The Labute approximate surface area is 125 Å². The molecule has 5 nitrogen and oxygen atoms in total. The van der Waals surface area contributed by atoms with E-state index in [0.717, 1.165) is 27.6 Å². The van der Waals surface area contributed by atoms with Crippen LogP contribution in [-0.4, -0.2) is 16.6 Å². The second-order valence-corrected chi connectivity index (χ2v) is 4.74. The lowest BCUT2D eigenvalue weighted by molar-refractivity contribution is -0.122. The Morgan fingerprint density at radius 3 is 2.59 bits per heavy atom. The first-order valence-corrected chi connectivity index (χ1v) is 6.65. The molecule has 0 radical (unpaired) electrons. The van der Waals surface area contributed by atoms with E-state index < -0.39 is 0 Å². The lowest BCUT2D eigenvalue weighted by Gasteiger charge is -1.88. The van der Waals surface area contributed by atoms with Gasteiger partial charge in [-0.3, -0.25) is 4.79 Å². The van der Waals surface area contributed by atoms with Gasteiger partial charge in [0, 0.05) is 5.39 Å². The van der Waals surface area contributed by atoms with Crippen molar-refractivity contribution in [3.8, 4) is 11.7 Å². The number of hydrogen-bond acceptors (Lipinski definition) is 4. The van der Waals surface area contributed by atoms with Crippen molar-refractivity contribution in [3.63, 3.8) is 0 Å². The van der Waals surface area contributed by atoms with Crippen molar-refractivity contribution in [1.82, 2.24) is 4.98 Å². The van der Waals surface area contributed by atoms with Gasteiger partial charge in [0.15, 0.2) is 11.3 Å². The van der Waals surface area contributed by atoms with Gasteiger partial charge < -0.3 is 13.9 Å². The van der Waals surface area contributed by atoms with Crippen LogP contribution in [-0.2, 0) is 4.79 Å². The van der Waals surface area contributed by atoms with Crippen LogP contribution in [0.5, 0.6) is 0 Å². The number of nitrogens with zero attached hydrogens (tertiary/aromatic N) is 1. The van der Waals surface area contributed by atoms with Gasteiger partial charge in [-0.15, -0.1) is 0 Å². The maximum absolute atomic E-state index is 8.36. The Morgan fingerprint density at radius 2 is 1.82 bits per heavy atom. The first-order chi connectivity index (χ1) is 10.7. The smallest absolute Gasteiger partial charge is 0.290 e. The summed E-state index contributed by atoms with van der Waals surface area (Å²) in [6, 6.07) is 15.8. The molecular formula is C17H13NO4. The molecule has 0 saturated heterocycles. The normalized spacial score (nSPS) is 10.4. The van der Waals surface area contributed by atoms with Gasteiger partial charge in [0.2, 0.25) is 0 Å². The summed E-state index contributed by atoms with van der Waals surface area (Å²) < 4.78 is 11.5. The fourth-order valence-electron chi connectivity index (χ4n) is 2.22. The third-order valence-corrected chi connectivity index (χ3v) is 3.18. The van der Waals surface area contributed by atoms with E-state index in [4.69, 9.17) is 18.7 Å². The average Bonchev–Trinajstić information content (AvgIpc) is 3.10. The highest BCUT2D eigenvalue weighted by molar-refractivity contribution is 5.83. The van der Waals surface area contributed by atoms with Gasteiger partial charge in [-0.2, -0.15) is 0 Å². The lowest BCUT2D eigenvalue weighted by Crippen LogP contribution is -1.71. The van der Waals surface area contributed by atoms with E-state index >= 15 is 0 Å². The zero-order chi connectivity index (χ0) is 15.5. The van der Waals surface area contributed by atoms with Crippen LogP contribution in [0.2, 0.25) is 0 Å². The highest BCUT2D eigenvalue weighted by Gasteiger charge is 2.12. The van der Waals surface area contributed by atoms with E-state index in [1.54, 1.807) is 0 Å². The van der Waals surface area contributed by atoms with Gasteiger partial charge in [-0.25, -0.2) is 4.98 Å². The molecule has 4 rings (SSSR count). The summed E-state index contributed by atoms with van der Waals surface area (Å²) in [5.74, 6) is 1.19. The summed E-state index contributed by atoms with van der Waals surface area (Å²) in [5.41, 5.74) is 3.63. The topological polar surface area (TPSA) is 76.5 Å². The zero-order valence-electron chi connectivity index (χ0n) is 11.8. The van der Waals surface area contributed by atoms with Crippen LogP contribution in [0.15, 0.2) is 57.4 Å². The molecule has 0 atom stereocenters. The van der Waals surface area contributed by atoms with Crippen molar-refractivity contribution in [3.05, 3.63) is 54.1 Å². The van der Waals surface area contributed by atoms with Crippen molar-refractivity contribution in [2.24, 2.45) is 0 Å². The van der Waals surface area contributed by atoms with Gasteiger partial charge in [-0.1, -0.05) is 24.3 Å². The second kappa shape index (κ2) is 5.73. The number of para-hydroxylation sites is 1. The Kier molecular flexibility index (Phi) is 3.62. The van der Waals surface area contributed by atoms with Crippen LogP contribution in [0.25, 0.3) is 33.7 Å². The molecule has 0 aliphatic heterocycles. The Bertz CT molecular complexity index is 903. The average molecular weight is 295 g/mol. The summed E-state index contributed by atoms with van der Waals surface area (Å²) in [7, 11) is 0. The Hall–Kier alpha value is -3.08. The van der Waals surface area contributed by atoms with Gasteiger partial charge in [0.05, 0.1) is 0 Å². The first kappa shape index (κ1) is 13.9. The number of oxazole rings is 1. The molecule has 0 saturated carbocycles. The van der Waals surface area contributed by atoms with Gasteiger partial charge in [0.1, 0.15) is 11.1 Å². The molecule has 5 heteroatoms. The van der Waals surface area contributed by atoms with E-state index in [1.165, 1.54) is 0 Å². The Balaban J connectivity index is 0.000000446. The van der Waals surface area contributed by atoms with E-state index in [2.05, 4.69) is 4.98 Å². The van der Waals surface area contributed by atoms with Gasteiger partial charge >= 0.3 is 0 Å². The molecule has 2 heterocycles. The molecule has 22 heavy (non-hydrogen) atoms. The van der Waals surface area contributed by atoms with Crippen LogP contribution in [0.1, 0.15) is 5.56 Å². The van der Waals surface area contributed by atoms with Crippen LogP contribution in [0.4, 0.5) is 0 Å². The number of rotatable bonds is 1. The third kappa shape index (κ3) is 2.56. The molecule has 0 amide bonds. The van der Waals surface area contributed by atoms with E-state index in [9.17, 15) is 0 Å². The molecule has 4 aromatic rings. The summed E-state index contributed by atoms with van der Waals surface area (Å²) in [5, 5.41) is 7.94. The molecule has 1 N–H and O–H groups in total. The number of carbonyl (C=O) groups is 1. The molecule has 0 aliphatic carbocycles. The molecule has 110 valence electrons. The molecule has 2 aromatic heterocycles. The fourth-order valence-corrected chi connectivity index (χ4v) is 2.22. The minimum Gasteiger partial charge on any atom is -0.483 e. The maximum atomic E-state index is 8.36. The summed E-state index contributed by atoms with van der Waals surface area (Å²) >= 11 is 0. The van der Waals surface area contributed by atoms with Crippen LogP contribution >= 0.6 is 0 Å². The van der Waals surface area contributed by atoms with Gasteiger partial charge in [0.25, 0.3) is 12.4 Å². The minimum absolute atomic E-state index is 0.250. The molecular weight excluding hydrogens is 282 g/mol. The minimum atomic E-state index is -0.250. The number of benzene rings is 2. The van der Waals surface area contributed by atoms with Crippen molar-refractivity contribution in [2.75, 3.05) is 0 Å². The predicted molar refractivity (Wildman–Crippen MR) is 82.6 cm³/mol. The summed E-state index contributed by atoms with van der Waals surface area (Å²) in [6.45, 7) is 1.78. The van der Waals surface area contributed by atoms with Crippen molar-refractivity contribution in [2.45, 2.75) is 6.92 Å². The number of fused-ring (bicyclic) bond motifs is 2. The van der Waals surface area contributed by atoms with Crippen LogP contribution in [0.3, 0.4) is 0 Å². The number of aryl methyl sites for hydroxylation is 1. The number of hydrogen-bond donors (Lipinski definition) is 1. The summed E-state index contributed by atoms with van der Waals surface area (Å²) in [6.07, 6.45) is 0. The summed E-state index contributed by atoms with van der Waals surface area (Å²) in [4.78, 5) is 12.8. The lowest BCUT2D eigenvalue weighted by atomic mass is 10.2. The van der Waals surface area contributed by atoms with Crippen LogP contribution in [0, 0.1) is 6.92 Å². The highest BCUT2D eigenvalue weighted by atomic mass is 16.4. The molecule has 0 aliphatic rings. The number of aromatic nitrogens is 1. The SMILES string of the molecule is Cc1ccc2nc(-c3cc4ccccc4o3)oc2c1.O=CO. The zero-order valence-corrected chi connectivity index (χ0v) is 11.8. The van der Waals surface area contributed by atoms with Crippen LogP contribution < -0.4 is 0 Å². The standard InChI is InChI=1S/C16H11NO2.CH2O2/c1-10-6-7-12-14(8-10)19-16(17-12)15-9-11-4-2-3-5-13(11)18-15;2-1-3/h2-9H,1H3;1H,(H,2,3). The molecule has 0 bridgehead atoms. The van der Waals surface area contributed by atoms with E-state index in [1.807, 2.05) is 55.5 Å². The first-order valence-electron chi connectivity index (χ1n) is 6.65. The number of carboxylic acid groups (broad SMARTS) is 1. The quantitative estimate of drug-likeness (QED) is 0.531. The Morgan fingerprint density at radius 1 is 1.05 bits per heavy atom. The molecule has 0 unspecified atom stereocenters. The molecule has 2 aromatic carbocycles. The largest absolute Gasteiger partial charge is 0.483 e. The monoisotopic (exact) mass is 295 g/mol. The second-order valence-electron chi connectivity index (χ2n) is 4.74. The van der Waals surface area contributed by atoms with Crippen molar-refractivity contribution < 1.29 is 18.7 Å². The van der Waals surface area contributed by atoms with E-state index in [-0.39, 0.29) is 6.47 Å². The third-order valence-electron chi connectivity index (χ3n) is 3.18. The van der Waals surface area contributed by atoms with Gasteiger partial charge in [-0.05, 0) is 36.8 Å². The highest BCUT2D eigenvalue weighted by Crippen LogP contribution is 2.29. The molecule has 0 spiro atoms. The van der Waals surface area contributed by atoms with Crippen molar-refractivity contribution >= 4 is 28.5 Å².